The second-order valence-electron chi connectivity index (χ2n) is 6.47. The van der Waals surface area contributed by atoms with Crippen molar-refractivity contribution < 1.29 is 14.3 Å². The van der Waals surface area contributed by atoms with Crippen molar-refractivity contribution in [3.8, 4) is 11.8 Å². The molecule has 5 heteroatoms. The number of nitrogens with one attached hydrogen (secondary N) is 1. The van der Waals surface area contributed by atoms with Crippen LogP contribution in [-0.4, -0.2) is 17.8 Å². The lowest BCUT2D eigenvalue weighted by Gasteiger charge is -2.20. The fourth-order valence-corrected chi connectivity index (χ4v) is 2.41. The van der Waals surface area contributed by atoms with Gasteiger partial charge in [-0.3, -0.25) is 5.32 Å². The fourth-order valence-electron chi connectivity index (χ4n) is 2.41. The predicted octanol–water partition coefficient (Wildman–Crippen LogP) is 4.23. The van der Waals surface area contributed by atoms with E-state index in [-0.39, 0.29) is 6.10 Å². The maximum atomic E-state index is 11.7. The van der Waals surface area contributed by atoms with E-state index < -0.39 is 11.7 Å². The Kier molecular flexibility index (Phi) is 4.92. The summed E-state index contributed by atoms with van der Waals surface area (Å²) in [6.45, 7) is 5.39. The van der Waals surface area contributed by atoms with Crippen molar-refractivity contribution in [1.82, 2.24) is 0 Å². The second-order valence-corrected chi connectivity index (χ2v) is 6.47. The molecule has 0 aliphatic heterocycles. The van der Waals surface area contributed by atoms with E-state index in [1.54, 1.807) is 39.0 Å². The number of anilines is 1. The summed E-state index contributed by atoms with van der Waals surface area (Å²) in [5.41, 5.74) is 0.373. The molecule has 1 aromatic carbocycles. The zero-order valence-electron chi connectivity index (χ0n) is 13.3. The maximum absolute atomic E-state index is 11.7. The van der Waals surface area contributed by atoms with Crippen molar-refractivity contribution in [3.05, 3.63) is 23.8 Å². The van der Waals surface area contributed by atoms with Gasteiger partial charge in [-0.1, -0.05) is 0 Å². The summed E-state index contributed by atoms with van der Waals surface area (Å²) in [4.78, 5) is 11.7. The molecule has 1 N–H and O–H groups in total. The first kappa shape index (κ1) is 16.2. The number of rotatable bonds is 3. The van der Waals surface area contributed by atoms with Crippen molar-refractivity contribution in [3.63, 3.8) is 0 Å². The first-order valence-electron chi connectivity index (χ1n) is 7.58. The second kappa shape index (κ2) is 6.69. The number of nitriles is 1. The summed E-state index contributed by atoms with van der Waals surface area (Å²) < 4.78 is 11.1. The third-order valence-electron chi connectivity index (χ3n) is 3.34. The largest absolute Gasteiger partial charge is 0.489 e. The van der Waals surface area contributed by atoms with Crippen LogP contribution in [0.25, 0.3) is 0 Å². The van der Waals surface area contributed by atoms with Crippen LogP contribution in [-0.2, 0) is 4.74 Å². The number of benzene rings is 1. The highest BCUT2D eigenvalue weighted by atomic mass is 16.6. The molecule has 0 unspecified atom stereocenters. The summed E-state index contributed by atoms with van der Waals surface area (Å²) in [7, 11) is 0. The Bertz CT molecular complexity index is 579. The van der Waals surface area contributed by atoms with Crippen LogP contribution in [0.2, 0.25) is 0 Å². The van der Waals surface area contributed by atoms with Crippen molar-refractivity contribution >= 4 is 11.8 Å². The van der Waals surface area contributed by atoms with Crippen molar-refractivity contribution in [2.45, 2.75) is 58.2 Å². The molecule has 1 aliphatic carbocycles. The topological polar surface area (TPSA) is 71.3 Å². The molecule has 0 radical (unpaired) electrons. The molecule has 0 spiro atoms. The molecule has 118 valence electrons. The minimum Gasteiger partial charge on any atom is -0.489 e. The molecule has 5 nitrogen and oxygen atoms in total. The molecule has 22 heavy (non-hydrogen) atoms. The molecule has 2 rings (SSSR count). The van der Waals surface area contributed by atoms with Gasteiger partial charge >= 0.3 is 6.09 Å². The Morgan fingerprint density at radius 3 is 2.59 bits per heavy atom. The van der Waals surface area contributed by atoms with Gasteiger partial charge in [0.1, 0.15) is 17.4 Å². The number of hydrogen-bond donors (Lipinski definition) is 1. The average Bonchev–Trinajstić information content (AvgIpc) is 2.91. The quantitative estimate of drug-likeness (QED) is 0.907. The van der Waals surface area contributed by atoms with Crippen LogP contribution in [0.4, 0.5) is 10.5 Å². The molecule has 1 aliphatic rings. The van der Waals surface area contributed by atoms with Crippen molar-refractivity contribution in [1.29, 1.82) is 5.26 Å². The van der Waals surface area contributed by atoms with E-state index in [1.165, 1.54) is 12.8 Å². The molecule has 1 aromatic rings. The Morgan fingerprint density at radius 1 is 1.32 bits per heavy atom. The number of carbonyl (C=O) groups excluding carboxylic acids is 1. The highest BCUT2D eigenvalue weighted by Gasteiger charge is 2.19. The molecule has 0 atom stereocenters. The van der Waals surface area contributed by atoms with Crippen LogP contribution in [0.15, 0.2) is 18.2 Å². The molecule has 0 aromatic heterocycles. The van der Waals surface area contributed by atoms with E-state index in [9.17, 15) is 10.1 Å². The molecule has 1 amide bonds. The van der Waals surface area contributed by atoms with Gasteiger partial charge in [-0.2, -0.15) is 5.26 Å². The van der Waals surface area contributed by atoms with E-state index in [4.69, 9.17) is 9.47 Å². The van der Waals surface area contributed by atoms with Crippen LogP contribution in [0, 0.1) is 11.3 Å². The zero-order valence-corrected chi connectivity index (χ0v) is 13.3. The van der Waals surface area contributed by atoms with Crippen LogP contribution in [0.5, 0.6) is 5.75 Å². The van der Waals surface area contributed by atoms with E-state index in [0.29, 0.717) is 17.0 Å². The first-order valence-corrected chi connectivity index (χ1v) is 7.58. The van der Waals surface area contributed by atoms with E-state index in [0.717, 1.165) is 12.8 Å². The molecule has 1 saturated carbocycles. The van der Waals surface area contributed by atoms with Gasteiger partial charge in [-0.25, -0.2) is 4.79 Å². The van der Waals surface area contributed by atoms with Gasteiger partial charge < -0.3 is 9.47 Å². The van der Waals surface area contributed by atoms with Gasteiger partial charge in [0, 0.05) is 5.69 Å². The Labute approximate surface area is 131 Å². The normalized spacial score (nSPS) is 15.2. The molecular weight excluding hydrogens is 280 g/mol. The highest BCUT2D eigenvalue weighted by Crippen LogP contribution is 2.28. The standard InChI is InChI=1S/C17H22N2O3/c1-17(2,3)22-16(20)19-13-8-9-15(12(10-13)11-18)21-14-6-4-5-7-14/h8-10,14H,4-7H2,1-3H3,(H,19,20). The van der Waals surface area contributed by atoms with Gasteiger partial charge in [-0.15, -0.1) is 0 Å². The highest BCUT2D eigenvalue weighted by molar-refractivity contribution is 5.85. The van der Waals surface area contributed by atoms with Gasteiger partial charge in [-0.05, 0) is 64.7 Å². The summed E-state index contributed by atoms with van der Waals surface area (Å²) in [6.07, 6.45) is 4.05. The zero-order chi connectivity index (χ0) is 16.2. The monoisotopic (exact) mass is 302 g/mol. The average molecular weight is 302 g/mol. The van der Waals surface area contributed by atoms with Gasteiger partial charge in [0.25, 0.3) is 0 Å². The summed E-state index contributed by atoms with van der Waals surface area (Å²) in [5, 5.41) is 11.9. The minimum absolute atomic E-state index is 0.191. The van der Waals surface area contributed by atoms with Crippen LogP contribution >= 0.6 is 0 Å². The maximum Gasteiger partial charge on any atom is 0.412 e. The van der Waals surface area contributed by atoms with Crippen molar-refractivity contribution in [2.75, 3.05) is 5.32 Å². The van der Waals surface area contributed by atoms with Crippen LogP contribution in [0.3, 0.4) is 0 Å². The Morgan fingerprint density at radius 2 is 2.00 bits per heavy atom. The van der Waals surface area contributed by atoms with E-state index in [1.807, 2.05) is 0 Å². The lowest BCUT2D eigenvalue weighted by molar-refractivity contribution is 0.0636. The molecule has 0 saturated heterocycles. The third-order valence-corrected chi connectivity index (χ3v) is 3.34. The smallest absolute Gasteiger partial charge is 0.412 e. The minimum atomic E-state index is -0.562. The number of hydrogen-bond acceptors (Lipinski definition) is 4. The summed E-state index contributed by atoms with van der Waals surface area (Å²) in [5.74, 6) is 0.573. The lowest BCUT2D eigenvalue weighted by Crippen LogP contribution is -2.27. The first-order chi connectivity index (χ1) is 10.4. The van der Waals surface area contributed by atoms with E-state index in [2.05, 4.69) is 11.4 Å². The lowest BCUT2D eigenvalue weighted by atomic mass is 10.2. The number of carbonyl (C=O) groups is 1. The molecule has 0 heterocycles. The van der Waals surface area contributed by atoms with Gasteiger partial charge in [0.05, 0.1) is 11.7 Å². The van der Waals surface area contributed by atoms with Gasteiger partial charge in [0.15, 0.2) is 0 Å². The van der Waals surface area contributed by atoms with E-state index >= 15 is 0 Å². The molecule has 0 bridgehead atoms. The number of ether oxygens (including phenoxy) is 2. The predicted molar refractivity (Wildman–Crippen MR) is 83.9 cm³/mol. The van der Waals surface area contributed by atoms with Crippen LogP contribution < -0.4 is 10.1 Å². The number of amides is 1. The van der Waals surface area contributed by atoms with Crippen molar-refractivity contribution in [2.24, 2.45) is 0 Å². The SMILES string of the molecule is CC(C)(C)OC(=O)Nc1ccc(OC2CCCC2)c(C#N)c1. The Balaban J connectivity index is 2.05. The van der Waals surface area contributed by atoms with Crippen LogP contribution in [0.1, 0.15) is 52.0 Å². The van der Waals surface area contributed by atoms with Gasteiger partial charge in [0.2, 0.25) is 0 Å². The molecular formula is C17H22N2O3. The third kappa shape index (κ3) is 4.66. The Hall–Kier alpha value is -2.22. The number of nitrogens with zero attached hydrogens (tertiary/aromatic N) is 1. The summed E-state index contributed by atoms with van der Waals surface area (Å²) >= 11 is 0. The summed E-state index contributed by atoms with van der Waals surface area (Å²) in [6, 6.07) is 7.16. The fraction of sp³-hybridized carbons (Fsp3) is 0.529. The molecule has 1 fully saturated rings.